The van der Waals surface area contributed by atoms with E-state index in [0.717, 1.165) is 19.5 Å². The van der Waals surface area contributed by atoms with Gasteiger partial charge in [-0.1, -0.05) is 39.0 Å². The van der Waals surface area contributed by atoms with Crippen LogP contribution in [0.3, 0.4) is 0 Å². The van der Waals surface area contributed by atoms with Crippen LogP contribution in [0.15, 0.2) is 24.3 Å². The first-order valence-electron chi connectivity index (χ1n) is 6.08. The fraction of sp³-hybridized carbons (Fsp3) is 0.571. The molecule has 0 saturated carbocycles. The van der Waals surface area contributed by atoms with Gasteiger partial charge in [-0.2, -0.15) is 0 Å². The molecule has 88 valence electrons. The van der Waals surface area contributed by atoms with Gasteiger partial charge >= 0.3 is 0 Å². The minimum Gasteiger partial charge on any atom is -0.370 e. The van der Waals surface area contributed by atoms with Gasteiger partial charge in [0.05, 0.1) is 0 Å². The molecule has 0 spiro atoms. The molecule has 1 saturated heterocycles. The van der Waals surface area contributed by atoms with Crippen LogP contribution in [0.2, 0.25) is 0 Å². The fourth-order valence-electron chi connectivity index (χ4n) is 2.39. The number of para-hydroxylation sites is 1. The molecule has 2 heteroatoms. The lowest BCUT2D eigenvalue weighted by atomic mass is 9.85. The summed E-state index contributed by atoms with van der Waals surface area (Å²) in [6, 6.07) is 9.04. The lowest BCUT2D eigenvalue weighted by molar-refractivity contribution is 0.588. The van der Waals surface area contributed by atoms with E-state index in [1.54, 1.807) is 0 Å². The highest BCUT2D eigenvalue weighted by Crippen LogP contribution is 2.33. The zero-order chi connectivity index (χ0) is 11.8. The number of rotatable bonds is 1. The Morgan fingerprint density at radius 2 is 1.94 bits per heavy atom. The molecule has 0 amide bonds. The molecule has 1 aliphatic heterocycles. The molecule has 2 nitrogen and oxygen atoms in total. The molecule has 16 heavy (non-hydrogen) atoms. The van der Waals surface area contributed by atoms with Crippen molar-refractivity contribution in [3.63, 3.8) is 0 Å². The van der Waals surface area contributed by atoms with E-state index < -0.39 is 0 Å². The van der Waals surface area contributed by atoms with Gasteiger partial charge in [-0.3, -0.25) is 0 Å². The van der Waals surface area contributed by atoms with E-state index in [1.807, 2.05) is 0 Å². The maximum absolute atomic E-state index is 5.98. The Balaban J connectivity index is 2.34. The Morgan fingerprint density at radius 1 is 1.25 bits per heavy atom. The van der Waals surface area contributed by atoms with Crippen molar-refractivity contribution in [2.45, 2.75) is 38.6 Å². The Labute approximate surface area is 98.4 Å². The molecule has 1 aromatic rings. The monoisotopic (exact) mass is 218 g/mol. The van der Waals surface area contributed by atoms with Crippen molar-refractivity contribution >= 4 is 5.69 Å². The zero-order valence-corrected chi connectivity index (χ0v) is 10.5. The highest BCUT2D eigenvalue weighted by molar-refractivity contribution is 5.57. The molecule has 0 aliphatic carbocycles. The lowest BCUT2D eigenvalue weighted by Gasteiger charge is -2.28. The van der Waals surface area contributed by atoms with Gasteiger partial charge in [-0.15, -0.1) is 0 Å². The predicted molar refractivity (Wildman–Crippen MR) is 69.9 cm³/mol. The fourth-order valence-corrected chi connectivity index (χ4v) is 2.39. The Morgan fingerprint density at radius 3 is 2.50 bits per heavy atom. The summed E-state index contributed by atoms with van der Waals surface area (Å²) in [7, 11) is 0. The molecule has 0 aromatic heterocycles. The summed E-state index contributed by atoms with van der Waals surface area (Å²) in [4.78, 5) is 2.42. The molecule has 2 N–H and O–H groups in total. The van der Waals surface area contributed by atoms with Gasteiger partial charge in [0.1, 0.15) is 0 Å². The summed E-state index contributed by atoms with van der Waals surface area (Å²) < 4.78 is 0. The average Bonchev–Trinajstić information content (AvgIpc) is 2.64. The molecule has 0 bridgehead atoms. The minimum atomic E-state index is 0.198. The molecule has 2 rings (SSSR count). The number of anilines is 1. The van der Waals surface area contributed by atoms with Gasteiger partial charge in [0.25, 0.3) is 0 Å². The Bertz CT molecular complexity index is 365. The third-order valence-electron chi connectivity index (χ3n) is 3.28. The second kappa shape index (κ2) is 4.10. The van der Waals surface area contributed by atoms with E-state index in [0.29, 0.717) is 6.04 Å². The average molecular weight is 218 g/mol. The van der Waals surface area contributed by atoms with Crippen LogP contribution >= 0.6 is 0 Å². The van der Waals surface area contributed by atoms with Crippen LogP contribution in [0.5, 0.6) is 0 Å². The second-order valence-electron chi connectivity index (χ2n) is 5.76. The standard InChI is InChI=1S/C14H22N2/c1-14(2,3)12-6-4-5-7-13(12)16-9-8-11(15)10-16/h4-7,11H,8-10,15H2,1-3H3/t11-/m1/s1. The molecule has 1 aromatic carbocycles. The Kier molecular flexibility index (Phi) is 2.94. The van der Waals surface area contributed by atoms with Gasteiger partial charge in [-0.25, -0.2) is 0 Å². The summed E-state index contributed by atoms with van der Waals surface area (Å²) >= 11 is 0. The van der Waals surface area contributed by atoms with Gasteiger partial charge in [0, 0.05) is 24.8 Å². The summed E-state index contributed by atoms with van der Waals surface area (Å²) in [5.41, 5.74) is 8.96. The van der Waals surface area contributed by atoms with Gasteiger partial charge < -0.3 is 10.6 Å². The van der Waals surface area contributed by atoms with Crippen LogP contribution in [-0.4, -0.2) is 19.1 Å². The summed E-state index contributed by atoms with van der Waals surface area (Å²) in [5, 5.41) is 0. The number of hydrogen-bond acceptors (Lipinski definition) is 2. The van der Waals surface area contributed by atoms with Crippen molar-refractivity contribution in [3.8, 4) is 0 Å². The molecule has 0 unspecified atom stereocenters. The minimum absolute atomic E-state index is 0.198. The van der Waals surface area contributed by atoms with E-state index >= 15 is 0 Å². The first-order valence-corrected chi connectivity index (χ1v) is 6.08. The highest BCUT2D eigenvalue weighted by atomic mass is 15.2. The van der Waals surface area contributed by atoms with Crippen molar-refractivity contribution in [1.29, 1.82) is 0 Å². The van der Waals surface area contributed by atoms with Gasteiger partial charge in [0.15, 0.2) is 0 Å². The molecule has 1 heterocycles. The molecule has 1 atom stereocenters. The van der Waals surface area contributed by atoms with Crippen molar-refractivity contribution in [2.24, 2.45) is 5.73 Å². The molecular weight excluding hydrogens is 196 g/mol. The van der Waals surface area contributed by atoms with Crippen LogP contribution in [-0.2, 0) is 5.41 Å². The first-order chi connectivity index (χ1) is 7.48. The van der Waals surface area contributed by atoms with Gasteiger partial charge in [0.2, 0.25) is 0 Å². The zero-order valence-electron chi connectivity index (χ0n) is 10.5. The van der Waals surface area contributed by atoms with Gasteiger partial charge in [-0.05, 0) is 23.5 Å². The normalized spacial score (nSPS) is 21.5. The molecular formula is C14H22N2. The topological polar surface area (TPSA) is 29.3 Å². The van der Waals surface area contributed by atoms with E-state index in [1.165, 1.54) is 11.3 Å². The van der Waals surface area contributed by atoms with Crippen LogP contribution in [0.4, 0.5) is 5.69 Å². The third kappa shape index (κ3) is 2.22. The lowest BCUT2D eigenvalue weighted by Crippen LogP contribution is -2.28. The quantitative estimate of drug-likeness (QED) is 0.785. The maximum Gasteiger partial charge on any atom is 0.0404 e. The summed E-state index contributed by atoms with van der Waals surface area (Å²) in [5.74, 6) is 0. The second-order valence-corrected chi connectivity index (χ2v) is 5.76. The van der Waals surface area contributed by atoms with E-state index in [9.17, 15) is 0 Å². The van der Waals surface area contributed by atoms with Crippen LogP contribution in [0.1, 0.15) is 32.8 Å². The van der Waals surface area contributed by atoms with E-state index in [4.69, 9.17) is 5.73 Å². The van der Waals surface area contributed by atoms with Crippen molar-refractivity contribution < 1.29 is 0 Å². The van der Waals surface area contributed by atoms with Crippen LogP contribution in [0.25, 0.3) is 0 Å². The highest BCUT2D eigenvalue weighted by Gasteiger charge is 2.25. The SMILES string of the molecule is CC(C)(C)c1ccccc1N1CC[C@@H](N)C1. The summed E-state index contributed by atoms with van der Waals surface area (Å²) in [6.07, 6.45) is 1.11. The predicted octanol–water partition coefficient (Wildman–Crippen LogP) is 2.52. The smallest absolute Gasteiger partial charge is 0.0404 e. The largest absolute Gasteiger partial charge is 0.370 e. The van der Waals surface area contributed by atoms with Crippen LogP contribution in [0, 0.1) is 0 Å². The van der Waals surface area contributed by atoms with Crippen molar-refractivity contribution in [3.05, 3.63) is 29.8 Å². The number of benzene rings is 1. The molecule has 1 aliphatic rings. The first kappa shape index (κ1) is 11.5. The maximum atomic E-state index is 5.98. The molecule has 0 radical (unpaired) electrons. The number of nitrogens with zero attached hydrogens (tertiary/aromatic N) is 1. The Hall–Kier alpha value is -1.02. The van der Waals surface area contributed by atoms with Crippen molar-refractivity contribution in [2.75, 3.05) is 18.0 Å². The van der Waals surface area contributed by atoms with Crippen molar-refractivity contribution in [1.82, 2.24) is 0 Å². The van der Waals surface area contributed by atoms with Crippen LogP contribution < -0.4 is 10.6 Å². The number of hydrogen-bond donors (Lipinski definition) is 1. The van der Waals surface area contributed by atoms with E-state index in [-0.39, 0.29) is 5.41 Å². The third-order valence-corrected chi connectivity index (χ3v) is 3.28. The number of nitrogens with two attached hydrogens (primary N) is 1. The summed E-state index contributed by atoms with van der Waals surface area (Å²) in [6.45, 7) is 8.88. The molecule has 1 fully saturated rings. The van der Waals surface area contributed by atoms with E-state index in [2.05, 4.69) is 49.9 Å².